The molecule has 5 rings (SSSR count). The molecule has 3 aliphatic rings. The van der Waals surface area contributed by atoms with Gasteiger partial charge in [-0.2, -0.15) is 0 Å². The lowest BCUT2D eigenvalue weighted by molar-refractivity contribution is 0.0642. The Labute approximate surface area is 183 Å². The third-order valence-electron chi connectivity index (χ3n) is 6.88. The Morgan fingerprint density at radius 2 is 1.93 bits per heavy atom. The van der Waals surface area contributed by atoms with Crippen molar-refractivity contribution in [1.29, 1.82) is 0 Å². The number of aryl methyl sites for hydroxylation is 2. The molecule has 0 saturated carbocycles. The Kier molecular flexibility index (Phi) is 6.05. The smallest absolute Gasteiger partial charge is 0.263 e. The van der Waals surface area contributed by atoms with Gasteiger partial charge in [-0.3, -0.25) is 9.69 Å². The highest BCUT2D eigenvalue weighted by Gasteiger charge is 2.29. The van der Waals surface area contributed by atoms with Crippen molar-refractivity contribution in [2.45, 2.75) is 38.5 Å². The maximum Gasteiger partial charge on any atom is 0.263 e. The minimum atomic E-state index is 0.277. The summed E-state index contributed by atoms with van der Waals surface area (Å²) in [4.78, 5) is 27.2. The Morgan fingerprint density at radius 1 is 1.07 bits per heavy atom. The third-order valence-corrected chi connectivity index (χ3v) is 8.10. The van der Waals surface area contributed by atoms with Gasteiger partial charge < -0.3 is 9.80 Å². The maximum atomic E-state index is 13.2. The number of nitrogens with zero attached hydrogens (tertiary/aromatic N) is 4. The molecule has 0 radical (unpaired) electrons. The standard InChI is InChI=1S/C24H32N4OS/c29-24(22-16-20-7-1-2-8-21(20)30-22)28-11-5-6-19(18-28)17-26-12-14-27(15-13-26)23-9-3-4-10-25-23/h3-4,9-10,16,19H,1-2,5-8,11-15,17-18H2. The van der Waals surface area contributed by atoms with Gasteiger partial charge in [0.25, 0.3) is 5.91 Å². The second-order valence-electron chi connectivity index (χ2n) is 9.00. The number of piperidine rings is 1. The molecule has 160 valence electrons. The quantitative estimate of drug-likeness (QED) is 0.750. The van der Waals surface area contributed by atoms with E-state index in [0.29, 0.717) is 5.92 Å². The van der Waals surface area contributed by atoms with Crippen LogP contribution in [0.25, 0.3) is 0 Å². The monoisotopic (exact) mass is 424 g/mol. The summed E-state index contributed by atoms with van der Waals surface area (Å²) in [5.74, 6) is 1.96. The summed E-state index contributed by atoms with van der Waals surface area (Å²) in [6.45, 7) is 7.19. The van der Waals surface area contributed by atoms with Gasteiger partial charge in [-0.25, -0.2) is 4.98 Å². The van der Waals surface area contributed by atoms with Crippen LogP contribution in [-0.4, -0.2) is 66.5 Å². The molecule has 1 atom stereocenters. The maximum absolute atomic E-state index is 13.2. The van der Waals surface area contributed by atoms with E-state index < -0.39 is 0 Å². The highest BCUT2D eigenvalue weighted by Crippen LogP contribution is 2.31. The highest BCUT2D eigenvalue weighted by molar-refractivity contribution is 7.14. The molecule has 1 unspecified atom stereocenters. The molecule has 30 heavy (non-hydrogen) atoms. The molecule has 1 amide bonds. The fourth-order valence-corrected chi connectivity index (χ4v) is 6.44. The molecule has 0 spiro atoms. The minimum Gasteiger partial charge on any atom is -0.354 e. The van der Waals surface area contributed by atoms with Crippen LogP contribution >= 0.6 is 11.3 Å². The van der Waals surface area contributed by atoms with Crippen molar-refractivity contribution < 1.29 is 4.79 Å². The van der Waals surface area contributed by atoms with E-state index in [1.54, 1.807) is 11.3 Å². The lowest BCUT2D eigenvalue weighted by Crippen LogP contribution is -2.50. The summed E-state index contributed by atoms with van der Waals surface area (Å²) in [5, 5.41) is 0. The van der Waals surface area contributed by atoms with Crippen LogP contribution in [-0.2, 0) is 12.8 Å². The fourth-order valence-electron chi connectivity index (χ4n) is 5.22. The van der Waals surface area contributed by atoms with Crippen LogP contribution in [0.5, 0.6) is 0 Å². The van der Waals surface area contributed by atoms with E-state index in [9.17, 15) is 4.79 Å². The van der Waals surface area contributed by atoms with Gasteiger partial charge in [-0.1, -0.05) is 6.07 Å². The SMILES string of the molecule is O=C(c1cc2c(s1)CCCC2)N1CCCC(CN2CCN(c3ccccn3)CC2)C1. The third kappa shape index (κ3) is 4.40. The topological polar surface area (TPSA) is 39.7 Å². The molecule has 0 aromatic carbocycles. The molecular formula is C24H32N4OS. The Morgan fingerprint density at radius 3 is 2.73 bits per heavy atom. The van der Waals surface area contributed by atoms with Crippen molar-refractivity contribution >= 4 is 23.1 Å². The average molecular weight is 425 g/mol. The van der Waals surface area contributed by atoms with E-state index in [0.717, 1.165) is 69.3 Å². The van der Waals surface area contributed by atoms with Gasteiger partial charge in [0.15, 0.2) is 0 Å². The molecule has 0 N–H and O–H groups in total. The van der Waals surface area contributed by atoms with Gasteiger partial charge in [-0.05, 0) is 68.2 Å². The predicted molar refractivity (Wildman–Crippen MR) is 122 cm³/mol. The highest BCUT2D eigenvalue weighted by atomic mass is 32.1. The number of fused-ring (bicyclic) bond motifs is 1. The van der Waals surface area contributed by atoms with Crippen molar-refractivity contribution in [3.05, 3.63) is 45.8 Å². The first kappa shape index (κ1) is 20.0. The lowest BCUT2D eigenvalue weighted by Gasteiger charge is -2.39. The Hall–Kier alpha value is -1.92. The van der Waals surface area contributed by atoms with Crippen LogP contribution in [0.2, 0.25) is 0 Å². The molecule has 4 heterocycles. The summed E-state index contributed by atoms with van der Waals surface area (Å²) >= 11 is 1.76. The zero-order valence-electron chi connectivity index (χ0n) is 17.8. The Balaban J connectivity index is 1.14. The van der Waals surface area contributed by atoms with Crippen LogP contribution in [0.3, 0.4) is 0 Å². The fraction of sp³-hybridized carbons (Fsp3) is 0.583. The van der Waals surface area contributed by atoms with Crippen LogP contribution in [0.15, 0.2) is 30.5 Å². The van der Waals surface area contributed by atoms with Gasteiger partial charge in [0.1, 0.15) is 5.82 Å². The van der Waals surface area contributed by atoms with Crippen LogP contribution in [0.4, 0.5) is 5.82 Å². The zero-order valence-corrected chi connectivity index (χ0v) is 18.6. The van der Waals surface area contributed by atoms with Crippen LogP contribution < -0.4 is 4.90 Å². The van der Waals surface area contributed by atoms with Crippen LogP contribution in [0.1, 0.15) is 45.8 Å². The van der Waals surface area contributed by atoms with Crippen molar-refractivity contribution in [3.8, 4) is 0 Å². The summed E-state index contributed by atoms with van der Waals surface area (Å²) in [7, 11) is 0. The van der Waals surface area contributed by atoms with Gasteiger partial charge >= 0.3 is 0 Å². The molecule has 2 aromatic rings. The van der Waals surface area contributed by atoms with Gasteiger partial charge in [0, 0.05) is 56.9 Å². The minimum absolute atomic E-state index is 0.277. The molecule has 2 saturated heterocycles. The van der Waals surface area contributed by atoms with E-state index >= 15 is 0 Å². The van der Waals surface area contributed by atoms with Gasteiger partial charge in [0.05, 0.1) is 4.88 Å². The molecule has 0 bridgehead atoms. The number of piperazine rings is 1. The van der Waals surface area contributed by atoms with Crippen molar-refractivity contribution in [1.82, 2.24) is 14.8 Å². The second-order valence-corrected chi connectivity index (χ2v) is 10.1. The van der Waals surface area contributed by atoms with E-state index in [4.69, 9.17) is 0 Å². The second kappa shape index (κ2) is 9.06. The Bertz CT molecular complexity index is 836. The first-order chi connectivity index (χ1) is 14.8. The summed E-state index contributed by atoms with van der Waals surface area (Å²) < 4.78 is 0. The number of hydrogen-bond acceptors (Lipinski definition) is 5. The normalized spacial score (nSPS) is 22.7. The first-order valence-electron chi connectivity index (χ1n) is 11.6. The number of carbonyl (C=O) groups is 1. The summed E-state index contributed by atoms with van der Waals surface area (Å²) in [6.07, 6.45) is 9.13. The van der Waals surface area contributed by atoms with Crippen molar-refractivity contribution in [2.24, 2.45) is 5.92 Å². The number of pyridine rings is 1. The lowest BCUT2D eigenvalue weighted by atomic mass is 9.96. The first-order valence-corrected chi connectivity index (χ1v) is 12.4. The summed E-state index contributed by atoms with van der Waals surface area (Å²) in [6, 6.07) is 8.33. The predicted octanol–water partition coefficient (Wildman–Crippen LogP) is 3.70. The van der Waals surface area contributed by atoms with E-state index in [-0.39, 0.29) is 5.91 Å². The van der Waals surface area contributed by atoms with E-state index in [1.165, 1.54) is 36.1 Å². The van der Waals surface area contributed by atoms with E-state index in [2.05, 4.69) is 37.9 Å². The molecular weight excluding hydrogens is 392 g/mol. The number of likely N-dealkylation sites (tertiary alicyclic amines) is 1. The molecule has 1 aliphatic carbocycles. The van der Waals surface area contributed by atoms with Gasteiger partial charge in [-0.15, -0.1) is 11.3 Å². The number of rotatable bonds is 4. The molecule has 5 nitrogen and oxygen atoms in total. The molecule has 2 aliphatic heterocycles. The largest absolute Gasteiger partial charge is 0.354 e. The van der Waals surface area contributed by atoms with Crippen molar-refractivity contribution in [3.63, 3.8) is 0 Å². The number of hydrogen-bond donors (Lipinski definition) is 0. The summed E-state index contributed by atoms with van der Waals surface area (Å²) in [5.41, 5.74) is 1.44. The van der Waals surface area contributed by atoms with Gasteiger partial charge in [0.2, 0.25) is 0 Å². The number of aromatic nitrogens is 1. The number of anilines is 1. The average Bonchev–Trinajstić information content (AvgIpc) is 3.24. The molecule has 6 heteroatoms. The number of amides is 1. The number of carbonyl (C=O) groups excluding carboxylic acids is 1. The van der Waals surface area contributed by atoms with E-state index in [1.807, 2.05) is 12.3 Å². The molecule has 2 fully saturated rings. The van der Waals surface area contributed by atoms with Crippen molar-refractivity contribution in [2.75, 3.05) is 50.7 Å². The van der Waals surface area contributed by atoms with Crippen LogP contribution in [0, 0.1) is 5.92 Å². The molecule has 2 aromatic heterocycles. The number of thiophene rings is 1. The zero-order chi connectivity index (χ0) is 20.3.